The highest BCUT2D eigenvalue weighted by Gasteiger charge is 2.34. The van der Waals surface area contributed by atoms with Crippen LogP contribution in [0.15, 0.2) is 0 Å². The quantitative estimate of drug-likeness (QED) is 0.803. The van der Waals surface area contributed by atoms with Gasteiger partial charge in [0.05, 0.1) is 11.4 Å². The zero-order valence-electron chi connectivity index (χ0n) is 11.8. The fourth-order valence-electron chi connectivity index (χ4n) is 2.94. The van der Waals surface area contributed by atoms with E-state index in [1.807, 2.05) is 6.92 Å². The van der Waals surface area contributed by atoms with Crippen molar-refractivity contribution in [2.45, 2.75) is 63.3 Å². The van der Waals surface area contributed by atoms with E-state index in [1.165, 1.54) is 6.26 Å². The second kappa shape index (κ2) is 6.87. The van der Waals surface area contributed by atoms with Crippen LogP contribution in [0.3, 0.4) is 0 Å². The summed E-state index contributed by atoms with van der Waals surface area (Å²) in [4.78, 5) is 0. The first kappa shape index (κ1) is 15.9. The molecule has 0 aromatic rings. The third-order valence-electron chi connectivity index (χ3n) is 4.03. The second-order valence-corrected chi connectivity index (χ2v) is 7.68. The molecule has 1 aliphatic carbocycles. The molecule has 1 fully saturated rings. The molecule has 108 valence electrons. The topological polar surface area (TPSA) is 69.4 Å². The van der Waals surface area contributed by atoms with E-state index in [1.54, 1.807) is 0 Å². The van der Waals surface area contributed by atoms with Crippen molar-refractivity contribution in [1.82, 2.24) is 0 Å². The summed E-state index contributed by atoms with van der Waals surface area (Å²) >= 11 is 0. The van der Waals surface area contributed by atoms with Crippen molar-refractivity contribution in [1.29, 1.82) is 0 Å². The molecule has 0 spiro atoms. The SMILES string of the molecule is CCOC(CC)C(N)C1CCCC(S(C)(=O)=O)C1. The third-order valence-corrected chi connectivity index (χ3v) is 5.67. The van der Waals surface area contributed by atoms with Crippen LogP contribution in [0.1, 0.15) is 46.0 Å². The second-order valence-electron chi connectivity index (χ2n) is 5.36. The molecule has 1 saturated carbocycles. The van der Waals surface area contributed by atoms with Crippen molar-refractivity contribution in [2.24, 2.45) is 11.7 Å². The molecule has 0 aromatic carbocycles. The van der Waals surface area contributed by atoms with Gasteiger partial charge in [0, 0.05) is 18.9 Å². The Hall–Kier alpha value is -0.130. The Morgan fingerprint density at radius 3 is 2.50 bits per heavy atom. The Balaban J connectivity index is 2.65. The normalized spacial score (nSPS) is 28.9. The highest BCUT2D eigenvalue weighted by molar-refractivity contribution is 7.91. The van der Waals surface area contributed by atoms with E-state index in [0.29, 0.717) is 13.0 Å². The van der Waals surface area contributed by atoms with Gasteiger partial charge in [-0.3, -0.25) is 0 Å². The molecule has 2 N–H and O–H groups in total. The lowest BCUT2D eigenvalue weighted by molar-refractivity contribution is 0.0216. The van der Waals surface area contributed by atoms with Gasteiger partial charge < -0.3 is 10.5 Å². The zero-order chi connectivity index (χ0) is 13.8. The van der Waals surface area contributed by atoms with Crippen LogP contribution in [0.4, 0.5) is 0 Å². The zero-order valence-corrected chi connectivity index (χ0v) is 12.6. The van der Waals surface area contributed by atoms with Crippen LogP contribution in [0.5, 0.6) is 0 Å². The van der Waals surface area contributed by atoms with Gasteiger partial charge in [0.2, 0.25) is 0 Å². The first-order valence-corrected chi connectivity index (χ1v) is 8.91. The Morgan fingerprint density at radius 2 is 2.00 bits per heavy atom. The van der Waals surface area contributed by atoms with Crippen molar-refractivity contribution in [3.63, 3.8) is 0 Å². The van der Waals surface area contributed by atoms with Gasteiger partial charge in [-0.2, -0.15) is 0 Å². The number of ether oxygens (including phenoxy) is 1. The van der Waals surface area contributed by atoms with Crippen LogP contribution in [0.25, 0.3) is 0 Å². The van der Waals surface area contributed by atoms with Crippen molar-refractivity contribution in [2.75, 3.05) is 12.9 Å². The molecule has 4 unspecified atom stereocenters. The number of hydrogen-bond donors (Lipinski definition) is 1. The summed E-state index contributed by atoms with van der Waals surface area (Å²) in [5.41, 5.74) is 6.27. The molecular weight excluding hydrogens is 250 g/mol. The lowest BCUT2D eigenvalue weighted by atomic mass is 9.81. The summed E-state index contributed by atoms with van der Waals surface area (Å²) in [6.07, 6.45) is 5.74. The van der Waals surface area contributed by atoms with E-state index in [9.17, 15) is 8.42 Å². The molecule has 1 aliphatic rings. The standard InChI is InChI=1S/C13H27NO3S/c1-4-12(17-5-2)13(14)10-7-6-8-11(9-10)18(3,15)16/h10-13H,4-9,14H2,1-3H3. The van der Waals surface area contributed by atoms with Gasteiger partial charge in [0.1, 0.15) is 9.84 Å². The molecule has 0 amide bonds. The summed E-state index contributed by atoms with van der Waals surface area (Å²) in [5.74, 6) is 0.273. The maximum atomic E-state index is 11.6. The van der Waals surface area contributed by atoms with E-state index in [2.05, 4.69) is 6.92 Å². The molecule has 0 bridgehead atoms. The van der Waals surface area contributed by atoms with Gasteiger partial charge in [-0.25, -0.2) is 8.42 Å². The average molecular weight is 277 g/mol. The maximum Gasteiger partial charge on any atom is 0.150 e. The highest BCUT2D eigenvalue weighted by Crippen LogP contribution is 2.31. The van der Waals surface area contributed by atoms with E-state index < -0.39 is 9.84 Å². The number of nitrogens with two attached hydrogens (primary N) is 1. The fourth-order valence-corrected chi connectivity index (χ4v) is 4.13. The molecule has 0 aromatic heterocycles. The van der Waals surface area contributed by atoms with Gasteiger partial charge in [-0.1, -0.05) is 13.3 Å². The smallest absolute Gasteiger partial charge is 0.150 e. The number of rotatable bonds is 6. The van der Waals surface area contributed by atoms with Crippen LogP contribution < -0.4 is 5.73 Å². The Labute approximate surface area is 111 Å². The predicted octanol–water partition coefficient (Wildman–Crippen LogP) is 1.73. The number of sulfone groups is 1. The van der Waals surface area contributed by atoms with Crippen molar-refractivity contribution < 1.29 is 13.2 Å². The van der Waals surface area contributed by atoms with Crippen LogP contribution in [0, 0.1) is 5.92 Å². The van der Waals surface area contributed by atoms with Crippen molar-refractivity contribution in [3.8, 4) is 0 Å². The summed E-state index contributed by atoms with van der Waals surface area (Å²) in [6, 6.07) is -0.0421. The first-order valence-electron chi connectivity index (χ1n) is 6.96. The molecule has 0 aliphatic heterocycles. The maximum absolute atomic E-state index is 11.6. The Bertz CT molecular complexity index is 342. The lowest BCUT2D eigenvalue weighted by Gasteiger charge is -2.35. The fraction of sp³-hybridized carbons (Fsp3) is 1.00. The average Bonchev–Trinajstić information content (AvgIpc) is 2.34. The minimum atomic E-state index is -2.93. The van der Waals surface area contributed by atoms with E-state index in [-0.39, 0.29) is 23.3 Å². The van der Waals surface area contributed by atoms with E-state index in [4.69, 9.17) is 10.5 Å². The monoisotopic (exact) mass is 277 g/mol. The Morgan fingerprint density at radius 1 is 1.33 bits per heavy atom. The lowest BCUT2D eigenvalue weighted by Crippen LogP contribution is -2.45. The van der Waals surface area contributed by atoms with Gasteiger partial charge in [-0.15, -0.1) is 0 Å². The van der Waals surface area contributed by atoms with Crippen LogP contribution in [0.2, 0.25) is 0 Å². The molecule has 0 saturated heterocycles. The summed E-state index contributed by atoms with van der Waals surface area (Å²) in [7, 11) is -2.93. The summed E-state index contributed by atoms with van der Waals surface area (Å²) in [6.45, 7) is 4.70. The molecule has 4 atom stereocenters. The minimum absolute atomic E-state index is 0.0421. The van der Waals surface area contributed by atoms with Gasteiger partial charge in [0.25, 0.3) is 0 Å². The summed E-state index contributed by atoms with van der Waals surface area (Å²) in [5, 5.41) is -0.207. The minimum Gasteiger partial charge on any atom is -0.377 e. The van der Waals surface area contributed by atoms with Crippen LogP contribution >= 0.6 is 0 Å². The highest BCUT2D eigenvalue weighted by atomic mass is 32.2. The predicted molar refractivity (Wildman–Crippen MR) is 74.3 cm³/mol. The van der Waals surface area contributed by atoms with E-state index >= 15 is 0 Å². The largest absolute Gasteiger partial charge is 0.377 e. The Kier molecular flexibility index (Phi) is 6.08. The van der Waals surface area contributed by atoms with Gasteiger partial charge in [0.15, 0.2) is 0 Å². The van der Waals surface area contributed by atoms with Crippen molar-refractivity contribution in [3.05, 3.63) is 0 Å². The molecule has 1 rings (SSSR count). The van der Waals surface area contributed by atoms with Gasteiger partial charge >= 0.3 is 0 Å². The molecule has 0 radical (unpaired) electrons. The molecule has 4 nitrogen and oxygen atoms in total. The molecule has 18 heavy (non-hydrogen) atoms. The summed E-state index contributed by atoms with van der Waals surface area (Å²) < 4.78 is 28.9. The molecule has 5 heteroatoms. The van der Waals surface area contributed by atoms with E-state index in [0.717, 1.165) is 25.7 Å². The third kappa shape index (κ3) is 4.21. The molecule has 0 heterocycles. The van der Waals surface area contributed by atoms with Crippen molar-refractivity contribution >= 4 is 9.84 Å². The van der Waals surface area contributed by atoms with Crippen LogP contribution in [-0.2, 0) is 14.6 Å². The van der Waals surface area contributed by atoms with Gasteiger partial charge in [-0.05, 0) is 38.5 Å². The first-order chi connectivity index (χ1) is 8.40. The molecular formula is C13H27NO3S. The van der Waals surface area contributed by atoms with Crippen LogP contribution in [-0.4, -0.2) is 38.7 Å². The number of hydrogen-bond acceptors (Lipinski definition) is 4.